The molecule has 0 spiro atoms. The Bertz CT molecular complexity index is 645. The minimum atomic E-state index is -0.362. The molecule has 0 aliphatic carbocycles. The van der Waals surface area contributed by atoms with Crippen LogP contribution in [-0.2, 0) is 0 Å². The van der Waals surface area contributed by atoms with Crippen molar-refractivity contribution < 1.29 is 9.59 Å². The zero-order valence-corrected chi connectivity index (χ0v) is 11.5. The number of pyridine rings is 1. The molecule has 0 saturated carbocycles. The summed E-state index contributed by atoms with van der Waals surface area (Å²) in [6, 6.07) is 5.29. The average Bonchev–Trinajstić information content (AvgIpc) is 2.90. The summed E-state index contributed by atoms with van der Waals surface area (Å²) in [6.07, 6.45) is 4.84. The van der Waals surface area contributed by atoms with Gasteiger partial charge in [0.05, 0.1) is 5.52 Å². The molecule has 0 aliphatic rings. The zero-order valence-electron chi connectivity index (χ0n) is 11.5. The third-order valence-corrected chi connectivity index (χ3v) is 2.78. The lowest BCUT2D eigenvalue weighted by Crippen LogP contribution is -2.26. The van der Waals surface area contributed by atoms with E-state index in [0.717, 1.165) is 0 Å². The van der Waals surface area contributed by atoms with Crippen LogP contribution in [0.5, 0.6) is 0 Å². The van der Waals surface area contributed by atoms with Gasteiger partial charge in [0.2, 0.25) is 5.82 Å². The molecule has 0 aliphatic heterocycles. The van der Waals surface area contributed by atoms with Crippen LogP contribution in [0, 0.1) is 0 Å². The molecule has 2 aromatic heterocycles. The van der Waals surface area contributed by atoms with E-state index in [-0.39, 0.29) is 23.3 Å². The van der Waals surface area contributed by atoms with Crippen molar-refractivity contribution in [2.75, 3.05) is 13.1 Å². The van der Waals surface area contributed by atoms with Gasteiger partial charge >= 0.3 is 0 Å². The van der Waals surface area contributed by atoms with Crippen molar-refractivity contribution in [1.82, 2.24) is 20.0 Å². The summed E-state index contributed by atoms with van der Waals surface area (Å²) >= 11 is 0. The van der Waals surface area contributed by atoms with Crippen molar-refractivity contribution in [2.24, 2.45) is 0 Å². The second kappa shape index (κ2) is 6.51. The Morgan fingerprint density at radius 1 is 1.14 bits per heavy atom. The van der Waals surface area contributed by atoms with Crippen LogP contribution in [0.2, 0.25) is 0 Å². The molecule has 21 heavy (non-hydrogen) atoms. The summed E-state index contributed by atoms with van der Waals surface area (Å²) in [5.41, 5.74) is 0.781. The van der Waals surface area contributed by atoms with Gasteiger partial charge in [0, 0.05) is 19.3 Å². The monoisotopic (exact) mass is 284 g/mol. The first-order chi connectivity index (χ1) is 10.2. The third kappa shape index (κ3) is 3.00. The van der Waals surface area contributed by atoms with Crippen molar-refractivity contribution in [1.29, 1.82) is 0 Å². The highest BCUT2D eigenvalue weighted by Gasteiger charge is 2.20. The molecule has 2 amide bonds. The molecule has 0 bridgehead atoms. The summed E-state index contributed by atoms with van der Waals surface area (Å²) < 4.78 is 1.58. The van der Waals surface area contributed by atoms with Gasteiger partial charge in [-0.1, -0.05) is 18.2 Å². The molecule has 2 heterocycles. The van der Waals surface area contributed by atoms with E-state index in [4.69, 9.17) is 0 Å². The Balaban J connectivity index is 2.43. The fraction of sp³-hybridized carbons (Fsp3) is 0.133. The van der Waals surface area contributed by atoms with Crippen molar-refractivity contribution in [3.8, 4) is 0 Å². The van der Waals surface area contributed by atoms with Gasteiger partial charge in [-0.25, -0.2) is 4.98 Å². The molecule has 0 atom stereocenters. The fourth-order valence-corrected chi connectivity index (χ4v) is 1.86. The second-order valence-corrected chi connectivity index (χ2v) is 4.24. The number of amides is 2. The largest absolute Gasteiger partial charge is 0.347 e. The number of fused-ring (bicyclic) bond motifs is 1. The number of imidazole rings is 1. The molecule has 2 aromatic rings. The van der Waals surface area contributed by atoms with E-state index in [1.54, 1.807) is 40.9 Å². The highest BCUT2D eigenvalue weighted by molar-refractivity contribution is 6.02. The summed E-state index contributed by atoms with van der Waals surface area (Å²) in [5, 5.41) is 5.30. The van der Waals surface area contributed by atoms with Crippen molar-refractivity contribution in [3.63, 3.8) is 0 Å². The first-order valence-electron chi connectivity index (χ1n) is 6.44. The average molecular weight is 284 g/mol. The predicted molar refractivity (Wildman–Crippen MR) is 80.3 cm³/mol. The number of carbonyl (C=O) groups excluding carboxylic acids is 2. The van der Waals surface area contributed by atoms with Crippen LogP contribution in [0.15, 0.2) is 49.7 Å². The Hall–Kier alpha value is -2.89. The number of hydrogen-bond acceptors (Lipinski definition) is 3. The number of aromatic nitrogens is 2. The summed E-state index contributed by atoms with van der Waals surface area (Å²) in [5.74, 6) is -0.545. The van der Waals surface area contributed by atoms with Crippen molar-refractivity contribution >= 4 is 17.3 Å². The molecule has 0 unspecified atom stereocenters. The molecule has 2 N–H and O–H groups in total. The highest BCUT2D eigenvalue weighted by Crippen LogP contribution is 2.13. The first kappa shape index (κ1) is 14.5. The molecule has 0 aromatic carbocycles. The Labute approximate surface area is 122 Å². The SMILES string of the molecule is C=CCNC(=O)c1nc(C(=O)NCC=C)n2ccccc12. The van der Waals surface area contributed by atoms with Gasteiger partial charge in [-0.15, -0.1) is 13.2 Å². The minimum absolute atomic E-state index is 0.163. The fourth-order valence-electron chi connectivity index (χ4n) is 1.86. The maximum Gasteiger partial charge on any atom is 0.287 e. The summed E-state index contributed by atoms with van der Waals surface area (Å²) in [4.78, 5) is 28.3. The van der Waals surface area contributed by atoms with Crippen molar-refractivity contribution in [3.05, 3.63) is 61.2 Å². The minimum Gasteiger partial charge on any atom is -0.347 e. The first-order valence-corrected chi connectivity index (χ1v) is 6.44. The van der Waals surface area contributed by atoms with Crippen LogP contribution < -0.4 is 10.6 Å². The van der Waals surface area contributed by atoms with E-state index < -0.39 is 0 Å². The highest BCUT2D eigenvalue weighted by atomic mass is 16.2. The van der Waals surface area contributed by atoms with Gasteiger partial charge in [0.15, 0.2) is 5.69 Å². The van der Waals surface area contributed by atoms with Crippen LogP contribution in [0.1, 0.15) is 21.1 Å². The van der Waals surface area contributed by atoms with Gasteiger partial charge in [-0.05, 0) is 12.1 Å². The normalized spacial score (nSPS) is 10.1. The lowest BCUT2D eigenvalue weighted by molar-refractivity contribution is 0.0947. The lowest BCUT2D eigenvalue weighted by Gasteiger charge is -2.00. The van der Waals surface area contributed by atoms with Gasteiger partial charge in [-0.3, -0.25) is 14.0 Å². The van der Waals surface area contributed by atoms with Crippen LogP contribution in [-0.4, -0.2) is 34.3 Å². The van der Waals surface area contributed by atoms with E-state index in [2.05, 4.69) is 28.8 Å². The third-order valence-electron chi connectivity index (χ3n) is 2.78. The molecule has 108 valence electrons. The van der Waals surface area contributed by atoms with E-state index in [1.807, 2.05) is 0 Å². The molecule has 0 radical (unpaired) electrons. The number of hydrogen-bond donors (Lipinski definition) is 2. The van der Waals surface area contributed by atoms with Crippen LogP contribution in [0.3, 0.4) is 0 Å². The molecule has 6 nitrogen and oxygen atoms in total. The molecule has 0 fully saturated rings. The topological polar surface area (TPSA) is 75.5 Å². The number of nitrogens with one attached hydrogen (secondary N) is 2. The van der Waals surface area contributed by atoms with E-state index in [9.17, 15) is 9.59 Å². The standard InChI is InChI=1S/C15H16N4O2/c1-3-8-16-14(20)12-11-7-5-6-10-19(11)13(18-12)15(21)17-9-4-2/h3-7,10H,1-2,8-9H2,(H,16,20)(H,17,21). The van der Waals surface area contributed by atoms with Gasteiger partial charge in [0.1, 0.15) is 0 Å². The maximum absolute atomic E-state index is 12.1. The van der Waals surface area contributed by atoms with Crippen LogP contribution in [0.25, 0.3) is 5.52 Å². The molecular weight excluding hydrogens is 268 g/mol. The number of carbonyl (C=O) groups is 2. The smallest absolute Gasteiger partial charge is 0.287 e. The molecule has 2 rings (SSSR count). The van der Waals surface area contributed by atoms with Crippen LogP contribution >= 0.6 is 0 Å². The van der Waals surface area contributed by atoms with Gasteiger partial charge in [0.25, 0.3) is 11.8 Å². The summed E-state index contributed by atoms with van der Waals surface area (Å²) in [6.45, 7) is 7.75. The molecular formula is C15H16N4O2. The van der Waals surface area contributed by atoms with E-state index in [1.165, 1.54) is 0 Å². The number of nitrogens with zero attached hydrogens (tertiary/aromatic N) is 2. The quantitative estimate of drug-likeness (QED) is 0.782. The van der Waals surface area contributed by atoms with E-state index in [0.29, 0.717) is 18.6 Å². The van der Waals surface area contributed by atoms with Gasteiger partial charge in [-0.2, -0.15) is 0 Å². The summed E-state index contributed by atoms with van der Waals surface area (Å²) in [7, 11) is 0. The van der Waals surface area contributed by atoms with Crippen LogP contribution in [0.4, 0.5) is 0 Å². The Kier molecular flexibility index (Phi) is 4.50. The van der Waals surface area contributed by atoms with Gasteiger partial charge < -0.3 is 10.6 Å². The predicted octanol–water partition coefficient (Wildman–Crippen LogP) is 1.17. The molecule has 6 heteroatoms. The molecule has 0 saturated heterocycles. The zero-order chi connectivity index (χ0) is 15.2. The van der Waals surface area contributed by atoms with Crippen molar-refractivity contribution in [2.45, 2.75) is 0 Å². The maximum atomic E-state index is 12.1. The lowest BCUT2D eigenvalue weighted by atomic mass is 10.3. The Morgan fingerprint density at radius 3 is 2.48 bits per heavy atom. The second-order valence-electron chi connectivity index (χ2n) is 4.24. The van der Waals surface area contributed by atoms with E-state index >= 15 is 0 Å². The Morgan fingerprint density at radius 2 is 1.81 bits per heavy atom. The number of rotatable bonds is 6.